The minimum absolute atomic E-state index is 0.137. The number of carbonyl (C=O) groups excluding carboxylic acids is 1. The number of ketones is 1. The first-order valence-corrected chi connectivity index (χ1v) is 6.65. The number of phenols is 1. The summed E-state index contributed by atoms with van der Waals surface area (Å²) in [6.45, 7) is 3.45. The van der Waals surface area contributed by atoms with E-state index in [2.05, 4.69) is 0 Å². The Morgan fingerprint density at radius 1 is 1.23 bits per heavy atom. The van der Waals surface area contributed by atoms with Crippen LogP contribution in [0.25, 0.3) is 6.08 Å². The molecule has 0 aliphatic carbocycles. The van der Waals surface area contributed by atoms with Gasteiger partial charge in [-0.1, -0.05) is 12.1 Å². The van der Waals surface area contributed by atoms with Crippen LogP contribution in [0.2, 0.25) is 0 Å². The van der Waals surface area contributed by atoms with Crippen molar-refractivity contribution in [1.82, 2.24) is 0 Å². The second-order valence-electron chi connectivity index (χ2n) is 4.98. The first-order chi connectivity index (χ1) is 10.4. The Kier molecular flexibility index (Phi) is 4.38. The van der Waals surface area contributed by atoms with E-state index >= 15 is 0 Å². The molecule has 0 aromatic heterocycles. The van der Waals surface area contributed by atoms with Gasteiger partial charge in [-0.2, -0.15) is 5.26 Å². The zero-order valence-electron chi connectivity index (χ0n) is 12.2. The highest BCUT2D eigenvalue weighted by Crippen LogP contribution is 2.24. The van der Waals surface area contributed by atoms with Crippen LogP contribution in [0.5, 0.6) is 5.75 Å². The number of nitrogens with zero attached hydrogens (tertiary/aromatic N) is 1. The molecule has 110 valence electrons. The number of nitriles is 1. The molecule has 0 fully saturated rings. The third-order valence-corrected chi connectivity index (χ3v) is 3.31. The van der Waals surface area contributed by atoms with E-state index in [-0.39, 0.29) is 16.9 Å². The van der Waals surface area contributed by atoms with Gasteiger partial charge in [0, 0.05) is 0 Å². The van der Waals surface area contributed by atoms with Gasteiger partial charge in [-0.05, 0) is 60.9 Å². The zero-order chi connectivity index (χ0) is 16.3. The van der Waals surface area contributed by atoms with Crippen molar-refractivity contribution in [3.8, 4) is 11.8 Å². The number of halogens is 1. The minimum Gasteiger partial charge on any atom is -0.507 e. The van der Waals surface area contributed by atoms with Crippen LogP contribution in [-0.2, 0) is 0 Å². The van der Waals surface area contributed by atoms with E-state index in [1.165, 1.54) is 24.3 Å². The van der Waals surface area contributed by atoms with Crippen LogP contribution in [0.3, 0.4) is 0 Å². The van der Waals surface area contributed by atoms with Crippen molar-refractivity contribution in [2.24, 2.45) is 0 Å². The average Bonchev–Trinajstić information content (AvgIpc) is 2.50. The van der Waals surface area contributed by atoms with E-state index in [1.54, 1.807) is 32.0 Å². The molecule has 0 atom stereocenters. The first kappa shape index (κ1) is 15.5. The summed E-state index contributed by atoms with van der Waals surface area (Å²) in [4.78, 5) is 12.3. The van der Waals surface area contributed by atoms with E-state index in [1.807, 2.05) is 6.07 Å². The fourth-order valence-electron chi connectivity index (χ4n) is 2.18. The fraction of sp³-hybridized carbons (Fsp3) is 0.111. The number of aromatic hydroxyl groups is 1. The van der Waals surface area contributed by atoms with Gasteiger partial charge in [0.25, 0.3) is 0 Å². The van der Waals surface area contributed by atoms with Crippen LogP contribution < -0.4 is 0 Å². The summed E-state index contributed by atoms with van der Waals surface area (Å²) in [5.74, 6) is -1.15. The number of Topliss-reactive ketones (excluding diaryl/α,β-unsaturated/α-hetero) is 1. The van der Waals surface area contributed by atoms with Crippen molar-refractivity contribution in [2.45, 2.75) is 13.8 Å². The highest BCUT2D eigenvalue weighted by Gasteiger charge is 2.16. The Bertz CT molecular complexity index is 793. The van der Waals surface area contributed by atoms with E-state index in [4.69, 9.17) is 0 Å². The Morgan fingerprint density at radius 3 is 2.36 bits per heavy atom. The quantitative estimate of drug-likeness (QED) is 0.530. The minimum atomic E-state index is -0.663. The van der Waals surface area contributed by atoms with Crippen LogP contribution in [0.1, 0.15) is 27.0 Å². The van der Waals surface area contributed by atoms with Gasteiger partial charge < -0.3 is 5.11 Å². The predicted molar refractivity (Wildman–Crippen MR) is 81.9 cm³/mol. The van der Waals surface area contributed by atoms with Gasteiger partial charge >= 0.3 is 0 Å². The van der Waals surface area contributed by atoms with Crippen molar-refractivity contribution in [1.29, 1.82) is 5.26 Å². The highest BCUT2D eigenvalue weighted by atomic mass is 19.1. The number of rotatable bonds is 3. The average molecular weight is 295 g/mol. The molecule has 0 radical (unpaired) electrons. The van der Waals surface area contributed by atoms with Gasteiger partial charge in [-0.15, -0.1) is 0 Å². The SMILES string of the molecule is Cc1cc(/C=C(\C#N)C(=O)c2ccccc2F)cc(C)c1O. The van der Waals surface area contributed by atoms with Crippen molar-refractivity contribution in [2.75, 3.05) is 0 Å². The van der Waals surface area contributed by atoms with Gasteiger partial charge in [0.05, 0.1) is 5.56 Å². The molecule has 0 saturated carbocycles. The number of benzene rings is 2. The molecular weight excluding hydrogens is 281 g/mol. The van der Waals surface area contributed by atoms with E-state index in [0.29, 0.717) is 16.7 Å². The molecule has 0 heterocycles. The molecule has 0 aliphatic heterocycles. The van der Waals surface area contributed by atoms with Crippen LogP contribution in [0.15, 0.2) is 42.0 Å². The van der Waals surface area contributed by atoms with Gasteiger partial charge in [0.15, 0.2) is 0 Å². The molecule has 0 aliphatic rings. The Hall–Kier alpha value is -2.93. The summed E-state index contributed by atoms with van der Waals surface area (Å²) in [7, 11) is 0. The van der Waals surface area contributed by atoms with Gasteiger partial charge in [-0.25, -0.2) is 4.39 Å². The molecule has 0 unspecified atom stereocenters. The predicted octanol–water partition coefficient (Wildman–Crippen LogP) is 3.94. The van der Waals surface area contributed by atoms with Crippen LogP contribution in [-0.4, -0.2) is 10.9 Å². The molecule has 2 aromatic carbocycles. The van der Waals surface area contributed by atoms with Crippen LogP contribution >= 0.6 is 0 Å². The number of hydrogen-bond donors (Lipinski definition) is 1. The zero-order valence-corrected chi connectivity index (χ0v) is 12.2. The van der Waals surface area contributed by atoms with Gasteiger partial charge in [0.1, 0.15) is 23.2 Å². The van der Waals surface area contributed by atoms with E-state index in [9.17, 15) is 19.6 Å². The number of hydrogen-bond acceptors (Lipinski definition) is 3. The molecule has 0 amide bonds. The van der Waals surface area contributed by atoms with Crippen molar-refractivity contribution in [3.05, 3.63) is 70.0 Å². The summed E-state index contributed by atoms with van der Waals surface area (Å²) in [5, 5.41) is 18.9. The van der Waals surface area contributed by atoms with Gasteiger partial charge in [-0.3, -0.25) is 4.79 Å². The standard InChI is InChI=1S/C18H14FNO2/c1-11-7-13(8-12(2)17(11)21)9-14(10-20)18(22)15-5-3-4-6-16(15)19/h3-9,21H,1-2H3/b14-9+. The molecule has 4 heteroatoms. The van der Waals surface area contributed by atoms with Crippen molar-refractivity contribution < 1.29 is 14.3 Å². The summed E-state index contributed by atoms with van der Waals surface area (Å²) in [6, 6.07) is 10.7. The lowest BCUT2D eigenvalue weighted by atomic mass is 9.99. The normalized spacial score (nSPS) is 11.1. The topological polar surface area (TPSA) is 61.1 Å². The Labute approximate surface area is 128 Å². The number of phenolic OH excluding ortho intramolecular Hbond substituents is 1. The van der Waals surface area contributed by atoms with Crippen LogP contribution in [0.4, 0.5) is 4.39 Å². The molecule has 2 rings (SSSR count). The number of aryl methyl sites for hydroxylation is 2. The molecule has 22 heavy (non-hydrogen) atoms. The molecular formula is C18H14FNO2. The maximum absolute atomic E-state index is 13.7. The Balaban J connectivity index is 2.47. The van der Waals surface area contributed by atoms with Gasteiger partial charge in [0.2, 0.25) is 5.78 Å². The second-order valence-corrected chi connectivity index (χ2v) is 4.98. The van der Waals surface area contributed by atoms with Crippen molar-refractivity contribution >= 4 is 11.9 Å². The smallest absolute Gasteiger partial charge is 0.206 e. The molecule has 0 bridgehead atoms. The first-order valence-electron chi connectivity index (χ1n) is 6.65. The lowest BCUT2D eigenvalue weighted by Crippen LogP contribution is -2.04. The van der Waals surface area contributed by atoms with Crippen molar-refractivity contribution in [3.63, 3.8) is 0 Å². The van der Waals surface area contributed by atoms with Crippen LogP contribution in [0, 0.1) is 31.0 Å². The maximum Gasteiger partial charge on any atom is 0.206 e. The molecule has 0 saturated heterocycles. The lowest BCUT2D eigenvalue weighted by molar-refractivity contribution is 0.103. The summed E-state index contributed by atoms with van der Waals surface area (Å²) >= 11 is 0. The third-order valence-electron chi connectivity index (χ3n) is 3.31. The number of allylic oxidation sites excluding steroid dienone is 1. The van der Waals surface area contributed by atoms with E-state index < -0.39 is 11.6 Å². The largest absolute Gasteiger partial charge is 0.507 e. The van der Waals surface area contributed by atoms with E-state index in [0.717, 1.165) is 0 Å². The fourth-order valence-corrected chi connectivity index (χ4v) is 2.18. The lowest BCUT2D eigenvalue weighted by Gasteiger charge is -2.06. The molecule has 0 spiro atoms. The third kappa shape index (κ3) is 3.04. The monoisotopic (exact) mass is 295 g/mol. The summed E-state index contributed by atoms with van der Waals surface area (Å²) in [6.07, 6.45) is 1.40. The highest BCUT2D eigenvalue weighted by molar-refractivity contribution is 6.14. The number of carbonyl (C=O) groups is 1. The second kappa shape index (κ2) is 6.23. The summed E-state index contributed by atoms with van der Waals surface area (Å²) < 4.78 is 13.7. The Morgan fingerprint density at radius 2 is 1.82 bits per heavy atom. The molecule has 3 nitrogen and oxygen atoms in total. The summed E-state index contributed by atoms with van der Waals surface area (Å²) in [5.41, 5.74) is 1.59. The molecule has 2 aromatic rings. The maximum atomic E-state index is 13.7. The molecule has 1 N–H and O–H groups in total.